The van der Waals surface area contributed by atoms with Gasteiger partial charge in [0.05, 0.1) is 13.2 Å². The molecule has 1 rings (SSSR count). The first-order chi connectivity index (χ1) is 12.1. The minimum Gasteiger partial charge on any atom is -0.465 e. The highest BCUT2D eigenvalue weighted by molar-refractivity contribution is 5.85. The van der Waals surface area contributed by atoms with E-state index < -0.39 is 18.1 Å². The maximum atomic E-state index is 11.9. The lowest BCUT2D eigenvalue weighted by molar-refractivity contribution is -0.151. The number of rotatable bonds is 13. The number of esters is 1. The minimum atomic E-state index is -1.31. The van der Waals surface area contributed by atoms with E-state index in [4.69, 9.17) is 10.5 Å². The Morgan fingerprint density at radius 2 is 1.54 bits per heavy atom. The highest BCUT2D eigenvalue weighted by Gasteiger charge is 2.34. The molecule has 0 amide bonds. The number of aliphatic hydroxyl groups excluding tert-OH is 1. The minimum absolute atomic E-state index is 0. The molecule has 1 atom stereocenters. The Balaban J connectivity index is 0.00000625. The van der Waals surface area contributed by atoms with Crippen molar-refractivity contribution in [1.29, 1.82) is 0 Å². The summed E-state index contributed by atoms with van der Waals surface area (Å²) in [6.07, 6.45) is 9.99. The third-order valence-corrected chi connectivity index (χ3v) is 4.67. The Labute approximate surface area is 164 Å². The molecule has 0 bridgehead atoms. The van der Waals surface area contributed by atoms with Crippen molar-refractivity contribution in [2.45, 2.75) is 77.2 Å². The molecule has 1 aromatic rings. The topological polar surface area (TPSA) is 72.5 Å². The van der Waals surface area contributed by atoms with E-state index >= 15 is 0 Å². The van der Waals surface area contributed by atoms with Gasteiger partial charge in [-0.2, -0.15) is 0 Å². The number of carbonyl (C=O) groups excluding carboxylic acids is 1. The van der Waals surface area contributed by atoms with Crippen molar-refractivity contribution in [2.24, 2.45) is 5.73 Å². The van der Waals surface area contributed by atoms with Crippen LogP contribution in [0.25, 0.3) is 0 Å². The van der Waals surface area contributed by atoms with Crippen molar-refractivity contribution in [3.8, 4) is 0 Å². The van der Waals surface area contributed by atoms with Gasteiger partial charge in [0.25, 0.3) is 0 Å². The van der Waals surface area contributed by atoms with Gasteiger partial charge in [0.2, 0.25) is 0 Å². The molecule has 0 fully saturated rings. The fourth-order valence-electron chi connectivity index (χ4n) is 2.87. The van der Waals surface area contributed by atoms with Gasteiger partial charge >= 0.3 is 5.97 Å². The standard InChI is InChI=1S/C21H35NO3.ClH/c1-3-5-6-7-8-9-10-18-11-13-19(14-12-18)15-16-21(22,17-23)20(24)25-4-2;/h11-14,23H,3-10,15-17,22H2,1-2H3;1H. The highest BCUT2D eigenvalue weighted by atomic mass is 35.5. The van der Waals surface area contributed by atoms with Gasteiger partial charge in [0, 0.05) is 0 Å². The smallest absolute Gasteiger partial charge is 0.328 e. The van der Waals surface area contributed by atoms with Crippen LogP contribution in [0, 0.1) is 0 Å². The fraction of sp³-hybridized carbons (Fsp3) is 0.667. The van der Waals surface area contributed by atoms with Crippen LogP contribution in [0.2, 0.25) is 0 Å². The summed E-state index contributed by atoms with van der Waals surface area (Å²) in [5, 5.41) is 9.45. The molecule has 4 nitrogen and oxygen atoms in total. The van der Waals surface area contributed by atoms with Crippen molar-refractivity contribution >= 4 is 18.4 Å². The van der Waals surface area contributed by atoms with E-state index in [0.717, 1.165) is 12.0 Å². The van der Waals surface area contributed by atoms with E-state index in [0.29, 0.717) is 12.8 Å². The zero-order chi connectivity index (χ0) is 18.5. The monoisotopic (exact) mass is 385 g/mol. The SMILES string of the molecule is CCCCCCCCc1ccc(CCC(N)(CO)C(=O)OCC)cc1.Cl. The van der Waals surface area contributed by atoms with Crippen molar-refractivity contribution in [1.82, 2.24) is 0 Å². The summed E-state index contributed by atoms with van der Waals surface area (Å²) in [5.74, 6) is -0.530. The molecule has 0 aliphatic rings. The largest absolute Gasteiger partial charge is 0.465 e. The Kier molecular flexibility index (Phi) is 13.4. The summed E-state index contributed by atoms with van der Waals surface area (Å²) < 4.78 is 4.96. The Bertz CT molecular complexity index is 493. The van der Waals surface area contributed by atoms with Crippen LogP contribution in [0.15, 0.2) is 24.3 Å². The second-order valence-electron chi connectivity index (χ2n) is 6.87. The molecule has 3 N–H and O–H groups in total. The molecule has 150 valence electrons. The second kappa shape index (κ2) is 14.0. The molecule has 0 heterocycles. The average molecular weight is 386 g/mol. The molecule has 0 radical (unpaired) electrons. The third-order valence-electron chi connectivity index (χ3n) is 4.67. The Morgan fingerprint density at radius 1 is 1.00 bits per heavy atom. The molecule has 0 aliphatic heterocycles. The zero-order valence-electron chi connectivity index (χ0n) is 16.3. The van der Waals surface area contributed by atoms with Crippen LogP contribution in [-0.2, 0) is 22.4 Å². The van der Waals surface area contributed by atoms with Crippen LogP contribution < -0.4 is 5.73 Å². The van der Waals surface area contributed by atoms with Gasteiger partial charge in [-0.3, -0.25) is 0 Å². The molecule has 0 saturated heterocycles. The summed E-state index contributed by atoms with van der Waals surface area (Å²) in [4.78, 5) is 11.9. The zero-order valence-corrected chi connectivity index (χ0v) is 17.2. The number of aliphatic hydroxyl groups is 1. The lowest BCUT2D eigenvalue weighted by Crippen LogP contribution is -2.52. The summed E-state index contributed by atoms with van der Waals surface area (Å²) in [6, 6.07) is 8.50. The number of halogens is 1. The van der Waals surface area contributed by atoms with Crippen LogP contribution in [0.5, 0.6) is 0 Å². The molecule has 26 heavy (non-hydrogen) atoms. The number of hydrogen-bond donors (Lipinski definition) is 2. The number of nitrogens with two attached hydrogens (primary N) is 1. The van der Waals surface area contributed by atoms with Crippen LogP contribution in [0.3, 0.4) is 0 Å². The maximum Gasteiger partial charge on any atom is 0.328 e. The fourth-order valence-corrected chi connectivity index (χ4v) is 2.87. The predicted octanol–water partition coefficient (Wildman–Crippen LogP) is 4.20. The van der Waals surface area contributed by atoms with Crippen molar-refractivity contribution in [2.75, 3.05) is 13.2 Å². The van der Waals surface area contributed by atoms with Crippen LogP contribution >= 0.6 is 12.4 Å². The molecule has 0 spiro atoms. The molecule has 1 aromatic carbocycles. The Morgan fingerprint density at radius 3 is 2.08 bits per heavy atom. The van der Waals surface area contributed by atoms with Gasteiger partial charge in [0.1, 0.15) is 5.54 Å². The van der Waals surface area contributed by atoms with E-state index in [-0.39, 0.29) is 19.0 Å². The summed E-state index contributed by atoms with van der Waals surface area (Å²) in [6.45, 7) is 3.84. The van der Waals surface area contributed by atoms with E-state index in [1.807, 2.05) is 0 Å². The van der Waals surface area contributed by atoms with Crippen molar-refractivity contribution in [3.05, 3.63) is 35.4 Å². The average Bonchev–Trinajstić information content (AvgIpc) is 2.63. The number of carbonyl (C=O) groups is 1. The first-order valence-corrected chi connectivity index (χ1v) is 9.70. The Hall–Kier alpha value is -1.10. The second-order valence-corrected chi connectivity index (χ2v) is 6.87. The van der Waals surface area contributed by atoms with Gasteiger partial charge < -0.3 is 15.6 Å². The number of aryl methyl sites for hydroxylation is 2. The number of hydrogen-bond acceptors (Lipinski definition) is 4. The maximum absolute atomic E-state index is 11.9. The molecule has 5 heteroatoms. The number of benzene rings is 1. The molecule has 1 unspecified atom stereocenters. The van der Waals surface area contributed by atoms with Gasteiger partial charge in [-0.05, 0) is 43.7 Å². The lowest BCUT2D eigenvalue weighted by atomic mass is 9.92. The quantitative estimate of drug-likeness (QED) is 0.394. The van der Waals surface area contributed by atoms with Crippen molar-refractivity contribution < 1.29 is 14.6 Å². The van der Waals surface area contributed by atoms with Gasteiger partial charge in [0.15, 0.2) is 0 Å². The normalized spacial score (nSPS) is 12.9. The van der Waals surface area contributed by atoms with E-state index in [9.17, 15) is 9.90 Å². The van der Waals surface area contributed by atoms with Gasteiger partial charge in [-0.1, -0.05) is 63.3 Å². The van der Waals surface area contributed by atoms with Crippen LogP contribution in [0.1, 0.15) is 69.9 Å². The molecule has 0 aromatic heterocycles. The third kappa shape index (κ3) is 9.02. The summed E-state index contributed by atoms with van der Waals surface area (Å²) in [5.41, 5.74) is 7.16. The van der Waals surface area contributed by atoms with Crippen LogP contribution in [-0.4, -0.2) is 29.8 Å². The predicted molar refractivity (Wildman–Crippen MR) is 110 cm³/mol. The van der Waals surface area contributed by atoms with Crippen molar-refractivity contribution in [3.63, 3.8) is 0 Å². The van der Waals surface area contributed by atoms with E-state index in [1.54, 1.807) is 6.92 Å². The summed E-state index contributed by atoms with van der Waals surface area (Å²) >= 11 is 0. The lowest BCUT2D eigenvalue weighted by Gasteiger charge is -2.24. The molecule has 0 saturated carbocycles. The summed E-state index contributed by atoms with van der Waals surface area (Å²) in [7, 11) is 0. The molecular weight excluding hydrogens is 350 g/mol. The molecule has 0 aliphatic carbocycles. The van der Waals surface area contributed by atoms with E-state index in [2.05, 4.69) is 31.2 Å². The van der Waals surface area contributed by atoms with Gasteiger partial charge in [-0.25, -0.2) is 4.79 Å². The first-order valence-electron chi connectivity index (χ1n) is 9.70. The highest BCUT2D eigenvalue weighted by Crippen LogP contribution is 2.16. The molecular formula is C21H36ClNO3. The number of ether oxygens (including phenoxy) is 1. The van der Waals surface area contributed by atoms with Crippen LogP contribution in [0.4, 0.5) is 0 Å². The van der Waals surface area contributed by atoms with E-state index in [1.165, 1.54) is 44.1 Å². The first kappa shape index (κ1) is 24.9. The van der Waals surface area contributed by atoms with Gasteiger partial charge in [-0.15, -0.1) is 12.4 Å². The number of unbranched alkanes of at least 4 members (excludes halogenated alkanes) is 5.